The monoisotopic (exact) mass is 435 g/mol. The first-order valence-electron chi connectivity index (χ1n) is 9.18. The van der Waals surface area contributed by atoms with Crippen LogP contribution >= 0.6 is 0 Å². The average Bonchev–Trinajstić information content (AvgIpc) is 2.63. The Morgan fingerprint density at radius 2 is 2.03 bits per heavy atom. The lowest BCUT2D eigenvalue weighted by Gasteiger charge is -2.25. The zero-order valence-corrected chi connectivity index (χ0v) is 17.7. The minimum Gasteiger partial charge on any atom is -0.450 e. The first-order valence-corrected chi connectivity index (χ1v) is 10.9. The predicted octanol–water partition coefficient (Wildman–Crippen LogP) is 4.48. The van der Waals surface area contributed by atoms with Crippen LogP contribution in [0.4, 0.5) is 18.9 Å². The molecule has 0 saturated heterocycles. The molecule has 2 aliphatic rings. The lowest BCUT2D eigenvalue weighted by atomic mass is 9.95. The molecule has 0 spiro atoms. The Labute approximate surface area is 174 Å². The molecule has 0 radical (unpaired) electrons. The van der Waals surface area contributed by atoms with Gasteiger partial charge in [0, 0.05) is 16.7 Å². The highest BCUT2D eigenvalue weighted by Crippen LogP contribution is 2.37. The van der Waals surface area contributed by atoms with Crippen molar-refractivity contribution in [2.24, 2.45) is 5.92 Å². The highest BCUT2D eigenvalue weighted by Gasteiger charge is 2.39. The Hall–Kier alpha value is -2.92. The van der Waals surface area contributed by atoms with E-state index in [2.05, 4.69) is 21.1 Å². The standard InChI is InChI=1S/C22H22F3N2O2S/c1-14-9-19(13-26-12-14)29-18-6-7-20(15(2)11-18)27-30(4,28)21-8-5-17(10-16(21)3)22(23,24)25/h5-9,11,13,17H,4,10H2,1-3H3,(H,27,28)/q+1. The number of aryl methyl sites for hydroxylation is 1. The van der Waals surface area contributed by atoms with Gasteiger partial charge < -0.3 is 9.46 Å². The van der Waals surface area contributed by atoms with Crippen LogP contribution in [0, 0.1) is 12.8 Å². The molecule has 0 aromatic heterocycles. The van der Waals surface area contributed by atoms with Crippen LogP contribution in [0.15, 0.2) is 58.2 Å². The maximum absolute atomic E-state index is 13.2. The first-order chi connectivity index (χ1) is 14.0. The Kier molecular flexibility index (Phi) is 5.86. The molecule has 1 aliphatic carbocycles. The summed E-state index contributed by atoms with van der Waals surface area (Å²) >= 11 is 0. The fraction of sp³-hybridized carbons (Fsp3) is 0.273. The van der Waals surface area contributed by atoms with E-state index in [1.54, 1.807) is 37.4 Å². The van der Waals surface area contributed by atoms with E-state index in [1.807, 2.05) is 13.8 Å². The summed E-state index contributed by atoms with van der Waals surface area (Å²) in [6.07, 6.45) is 1.12. The van der Waals surface area contributed by atoms with Gasteiger partial charge in [0.15, 0.2) is 0 Å². The molecule has 30 heavy (non-hydrogen) atoms. The third kappa shape index (κ3) is 4.97. The van der Waals surface area contributed by atoms with Crippen molar-refractivity contribution in [3.05, 3.63) is 63.8 Å². The second-order valence-corrected chi connectivity index (χ2v) is 9.31. The highest BCUT2D eigenvalue weighted by molar-refractivity contribution is 8.05. The van der Waals surface area contributed by atoms with E-state index in [-0.39, 0.29) is 6.42 Å². The number of hydrogen-bond acceptors (Lipinski definition) is 2. The average molecular weight is 435 g/mol. The fourth-order valence-corrected chi connectivity index (χ4v) is 4.82. The smallest absolute Gasteiger partial charge is 0.395 e. The van der Waals surface area contributed by atoms with Crippen molar-refractivity contribution in [3.8, 4) is 5.75 Å². The van der Waals surface area contributed by atoms with Crippen LogP contribution in [0.5, 0.6) is 5.75 Å². The summed E-state index contributed by atoms with van der Waals surface area (Å²) < 4.78 is 64.7. The molecule has 0 fully saturated rings. The summed E-state index contributed by atoms with van der Waals surface area (Å²) in [6.45, 7) is 5.22. The van der Waals surface area contributed by atoms with Crippen molar-refractivity contribution >= 4 is 33.3 Å². The first kappa shape index (κ1) is 21.8. The van der Waals surface area contributed by atoms with Crippen LogP contribution in [0.1, 0.15) is 25.8 Å². The summed E-state index contributed by atoms with van der Waals surface area (Å²) in [5.41, 5.74) is 2.57. The molecule has 158 valence electrons. The van der Waals surface area contributed by atoms with E-state index in [4.69, 9.17) is 4.74 Å². The van der Waals surface area contributed by atoms with Crippen LogP contribution in [0.3, 0.4) is 0 Å². The van der Waals surface area contributed by atoms with Crippen LogP contribution in [0.2, 0.25) is 0 Å². The molecular formula is C22H22F3N2O2S+. The molecule has 1 aromatic carbocycles. The van der Waals surface area contributed by atoms with Crippen molar-refractivity contribution < 1.29 is 22.1 Å². The second kappa shape index (κ2) is 8.07. The molecule has 8 heteroatoms. The SMILES string of the molecule is C=S(=O)(Nc1ccc(OC2=CC(C)=C=[N+]=C2)cc1C)C1=C(C)CC(C(F)(F)F)C=C1. The van der Waals surface area contributed by atoms with Crippen molar-refractivity contribution in [2.75, 3.05) is 4.72 Å². The van der Waals surface area contributed by atoms with E-state index in [9.17, 15) is 17.4 Å². The zero-order chi connectivity index (χ0) is 22.1. The van der Waals surface area contributed by atoms with Gasteiger partial charge in [0.05, 0.1) is 21.2 Å². The maximum atomic E-state index is 13.2. The molecule has 2 unspecified atom stereocenters. The number of rotatable bonds is 5. The minimum absolute atomic E-state index is 0.225. The number of halogens is 3. The fourth-order valence-electron chi connectivity index (χ4n) is 3.18. The Balaban J connectivity index is 1.77. The summed E-state index contributed by atoms with van der Waals surface area (Å²) in [4.78, 5) is 0.296. The van der Waals surface area contributed by atoms with E-state index in [0.717, 1.165) is 17.2 Å². The Bertz CT molecular complexity index is 1180. The number of ether oxygens (including phenoxy) is 1. The van der Waals surface area contributed by atoms with Crippen molar-refractivity contribution in [1.29, 1.82) is 0 Å². The zero-order valence-electron chi connectivity index (χ0n) is 16.8. The van der Waals surface area contributed by atoms with E-state index < -0.39 is 21.8 Å². The molecule has 0 saturated carbocycles. The topological polar surface area (TPSA) is 52.4 Å². The van der Waals surface area contributed by atoms with Gasteiger partial charge >= 0.3 is 18.3 Å². The van der Waals surface area contributed by atoms with Gasteiger partial charge in [0.25, 0.3) is 0 Å². The number of nitrogens with one attached hydrogen (secondary N) is 1. The number of anilines is 1. The number of allylic oxidation sites excluding steroid dienone is 6. The quantitative estimate of drug-likeness (QED) is 0.548. The number of benzene rings is 1. The molecule has 4 nitrogen and oxygen atoms in total. The van der Waals surface area contributed by atoms with Gasteiger partial charge in [-0.1, -0.05) is 11.6 Å². The van der Waals surface area contributed by atoms with E-state index in [0.29, 0.717) is 27.7 Å². The molecule has 1 aliphatic heterocycles. The van der Waals surface area contributed by atoms with Gasteiger partial charge in [-0.05, 0) is 67.6 Å². The molecule has 0 bridgehead atoms. The Morgan fingerprint density at radius 3 is 2.63 bits per heavy atom. The lowest BCUT2D eigenvalue weighted by Crippen LogP contribution is -2.25. The van der Waals surface area contributed by atoms with E-state index >= 15 is 0 Å². The van der Waals surface area contributed by atoms with Gasteiger partial charge in [0.1, 0.15) is 5.75 Å². The second-order valence-electron chi connectivity index (χ2n) is 7.31. The molecule has 3 rings (SSSR count). The van der Waals surface area contributed by atoms with Gasteiger partial charge in [-0.3, -0.25) is 0 Å². The molecule has 2 atom stereocenters. The molecule has 1 N–H and O–H groups in total. The van der Waals surface area contributed by atoms with Crippen molar-refractivity contribution in [1.82, 2.24) is 4.67 Å². The van der Waals surface area contributed by atoms with Gasteiger partial charge in [0.2, 0.25) is 5.76 Å². The summed E-state index contributed by atoms with van der Waals surface area (Å²) in [5, 5.41) is 0. The third-order valence-corrected chi connectivity index (χ3v) is 6.45. The minimum atomic E-state index is -4.32. The van der Waals surface area contributed by atoms with Crippen molar-refractivity contribution in [2.45, 2.75) is 33.4 Å². The third-order valence-electron chi connectivity index (χ3n) is 4.70. The molecule has 0 amide bonds. The lowest BCUT2D eigenvalue weighted by molar-refractivity contribution is -0.160. The van der Waals surface area contributed by atoms with Crippen molar-refractivity contribution in [3.63, 3.8) is 0 Å². The number of hydrogen-bond donors (Lipinski definition) is 1. The van der Waals surface area contributed by atoms with Crippen LogP contribution in [0.25, 0.3) is 0 Å². The van der Waals surface area contributed by atoms with Crippen LogP contribution in [-0.4, -0.2) is 28.3 Å². The summed E-state index contributed by atoms with van der Waals surface area (Å²) in [5.74, 6) is 6.12. The Morgan fingerprint density at radius 1 is 1.30 bits per heavy atom. The predicted molar refractivity (Wildman–Crippen MR) is 117 cm³/mol. The number of alkyl halides is 3. The summed E-state index contributed by atoms with van der Waals surface area (Å²) in [6, 6.07) is 5.17. The normalized spacial score (nSPS) is 20.5. The maximum Gasteiger partial charge on any atom is 0.395 e. The number of nitrogens with zero attached hydrogens (tertiary/aromatic N) is 1. The van der Waals surface area contributed by atoms with Crippen LogP contribution in [-0.2, 0) is 9.71 Å². The molecule has 1 aromatic rings. The highest BCUT2D eigenvalue weighted by atomic mass is 32.2. The van der Waals surface area contributed by atoms with Crippen LogP contribution < -0.4 is 14.1 Å². The van der Waals surface area contributed by atoms with Gasteiger partial charge in [-0.15, -0.1) is 0 Å². The van der Waals surface area contributed by atoms with E-state index in [1.165, 1.54) is 6.08 Å². The molecular weight excluding hydrogens is 413 g/mol. The summed E-state index contributed by atoms with van der Waals surface area (Å²) in [7, 11) is -3.03. The van der Waals surface area contributed by atoms with Gasteiger partial charge in [-0.2, -0.15) is 13.2 Å². The molecule has 1 heterocycles. The van der Waals surface area contributed by atoms with Gasteiger partial charge in [-0.25, -0.2) is 4.21 Å². The largest absolute Gasteiger partial charge is 0.450 e.